The number of ketones is 1. The summed E-state index contributed by atoms with van der Waals surface area (Å²) in [4.78, 5) is 14.6. The summed E-state index contributed by atoms with van der Waals surface area (Å²) in [6.07, 6.45) is 2.81. The number of carbonyl (C=O) groups excluding carboxylic acids is 1. The Morgan fingerprint density at radius 3 is 2.93 bits per heavy atom. The van der Waals surface area contributed by atoms with Gasteiger partial charge in [-0.25, -0.2) is 4.98 Å². The summed E-state index contributed by atoms with van der Waals surface area (Å²) in [5.41, 5.74) is 0.793. The number of carbonyl (C=O) groups is 1. The number of allylic oxidation sites excluding steroid dienone is 1. The Labute approximate surface area is 82.3 Å². The van der Waals surface area contributed by atoms with Crippen LogP contribution in [0.15, 0.2) is 24.4 Å². The Balaban J connectivity index is 2.76. The molecule has 0 saturated carbocycles. The number of hydrogen-bond acceptors (Lipinski definition) is 4. The second-order valence-electron chi connectivity index (χ2n) is 2.91. The number of nitrogens with zero attached hydrogens (tertiary/aromatic N) is 1. The summed E-state index contributed by atoms with van der Waals surface area (Å²) >= 11 is 0. The van der Waals surface area contributed by atoms with Crippen LogP contribution in [-0.4, -0.2) is 15.9 Å². The van der Waals surface area contributed by atoms with Gasteiger partial charge in [-0.3, -0.25) is 4.79 Å². The Hall–Kier alpha value is -1.84. The number of aromatic nitrogens is 1. The molecule has 0 aliphatic heterocycles. The van der Waals surface area contributed by atoms with Crippen LogP contribution in [0.3, 0.4) is 0 Å². The predicted molar refractivity (Wildman–Crippen MR) is 54.1 cm³/mol. The number of rotatable bonds is 3. The molecule has 0 radical (unpaired) electrons. The summed E-state index contributed by atoms with van der Waals surface area (Å²) in [6.45, 7) is 3.26. The minimum absolute atomic E-state index is 0.0591. The molecule has 1 aromatic heterocycles. The van der Waals surface area contributed by atoms with Crippen molar-refractivity contribution in [1.29, 1.82) is 0 Å². The molecule has 4 nitrogen and oxygen atoms in total. The zero-order chi connectivity index (χ0) is 10.6. The highest BCUT2D eigenvalue weighted by Crippen LogP contribution is 2.19. The van der Waals surface area contributed by atoms with Crippen LogP contribution in [0.25, 0.3) is 0 Å². The van der Waals surface area contributed by atoms with Crippen LogP contribution >= 0.6 is 0 Å². The van der Waals surface area contributed by atoms with Crippen LogP contribution in [0.5, 0.6) is 5.75 Å². The highest BCUT2D eigenvalue weighted by Gasteiger charge is 1.99. The van der Waals surface area contributed by atoms with Crippen LogP contribution in [0.4, 0.5) is 5.82 Å². The molecule has 2 N–H and O–H groups in total. The molecule has 0 spiro atoms. The van der Waals surface area contributed by atoms with Crippen molar-refractivity contribution in [2.24, 2.45) is 0 Å². The lowest BCUT2D eigenvalue weighted by Crippen LogP contribution is -1.94. The first-order valence-corrected chi connectivity index (χ1v) is 4.20. The van der Waals surface area contributed by atoms with Gasteiger partial charge in [-0.05, 0) is 32.1 Å². The van der Waals surface area contributed by atoms with Gasteiger partial charge >= 0.3 is 0 Å². The van der Waals surface area contributed by atoms with Gasteiger partial charge < -0.3 is 10.4 Å². The molecular formula is C10H12N2O2. The number of nitrogens with one attached hydrogen (secondary N) is 1. The number of anilines is 1. The van der Waals surface area contributed by atoms with Gasteiger partial charge in [0.1, 0.15) is 0 Å². The van der Waals surface area contributed by atoms with Gasteiger partial charge in [0, 0.05) is 11.9 Å². The van der Waals surface area contributed by atoms with Crippen LogP contribution in [0.2, 0.25) is 0 Å². The fourth-order valence-electron chi connectivity index (χ4n) is 0.894. The third-order valence-corrected chi connectivity index (χ3v) is 1.55. The summed E-state index contributed by atoms with van der Waals surface area (Å²) in [5, 5.41) is 12.1. The second-order valence-corrected chi connectivity index (χ2v) is 2.91. The molecule has 4 heteroatoms. The van der Waals surface area contributed by atoms with Gasteiger partial charge in [0.05, 0.1) is 0 Å². The summed E-state index contributed by atoms with van der Waals surface area (Å²) in [6, 6.07) is 3.25. The van der Waals surface area contributed by atoms with E-state index < -0.39 is 0 Å². The molecule has 14 heavy (non-hydrogen) atoms. The molecule has 0 atom stereocenters. The molecular weight excluding hydrogens is 180 g/mol. The van der Waals surface area contributed by atoms with E-state index in [1.54, 1.807) is 12.1 Å². The van der Waals surface area contributed by atoms with Gasteiger partial charge in [0.25, 0.3) is 0 Å². The average molecular weight is 192 g/mol. The Morgan fingerprint density at radius 1 is 1.57 bits per heavy atom. The van der Waals surface area contributed by atoms with Crippen molar-refractivity contribution in [3.63, 3.8) is 0 Å². The van der Waals surface area contributed by atoms with Crippen LogP contribution in [0.1, 0.15) is 12.6 Å². The summed E-state index contributed by atoms with van der Waals surface area (Å²) < 4.78 is 0. The zero-order valence-corrected chi connectivity index (χ0v) is 8.11. The van der Waals surface area contributed by atoms with Crippen molar-refractivity contribution >= 4 is 11.6 Å². The minimum atomic E-state index is -0.0651. The predicted octanol–water partition coefficient (Wildman–Crippen LogP) is 1.61. The smallest absolute Gasteiger partial charge is 0.172 e. The Bertz CT molecular complexity index is 372. The van der Waals surface area contributed by atoms with E-state index in [1.165, 1.54) is 19.2 Å². The fourth-order valence-corrected chi connectivity index (χ4v) is 0.894. The lowest BCUT2D eigenvalue weighted by molar-refractivity contribution is -0.112. The molecule has 74 valence electrons. The van der Waals surface area contributed by atoms with Crippen molar-refractivity contribution in [2.45, 2.75) is 13.8 Å². The van der Waals surface area contributed by atoms with Crippen LogP contribution in [0, 0.1) is 6.92 Å². The molecule has 0 amide bonds. The fraction of sp³-hybridized carbons (Fsp3) is 0.200. The number of hydrogen-bond donors (Lipinski definition) is 2. The second kappa shape index (κ2) is 4.41. The van der Waals surface area contributed by atoms with Crippen molar-refractivity contribution < 1.29 is 9.90 Å². The van der Waals surface area contributed by atoms with E-state index in [0.29, 0.717) is 5.82 Å². The topological polar surface area (TPSA) is 62.2 Å². The molecule has 1 aromatic rings. The first kappa shape index (κ1) is 10.2. The van der Waals surface area contributed by atoms with Crippen molar-refractivity contribution in [1.82, 2.24) is 4.98 Å². The number of pyridine rings is 1. The van der Waals surface area contributed by atoms with Gasteiger partial charge in [-0.15, -0.1) is 0 Å². The van der Waals surface area contributed by atoms with Crippen LogP contribution < -0.4 is 5.32 Å². The summed E-state index contributed by atoms with van der Waals surface area (Å²) in [5.74, 6) is 0.343. The first-order valence-electron chi connectivity index (χ1n) is 4.20. The Kier molecular flexibility index (Phi) is 3.23. The molecule has 0 aliphatic carbocycles. The van der Waals surface area contributed by atoms with E-state index in [2.05, 4.69) is 10.3 Å². The maximum absolute atomic E-state index is 10.6. The van der Waals surface area contributed by atoms with Crippen molar-refractivity contribution in [2.75, 3.05) is 5.32 Å². The summed E-state index contributed by atoms with van der Waals surface area (Å²) in [7, 11) is 0. The van der Waals surface area contributed by atoms with Gasteiger partial charge in [-0.2, -0.15) is 0 Å². The van der Waals surface area contributed by atoms with E-state index in [9.17, 15) is 9.90 Å². The van der Waals surface area contributed by atoms with E-state index in [4.69, 9.17) is 0 Å². The Morgan fingerprint density at radius 2 is 2.29 bits per heavy atom. The van der Waals surface area contributed by atoms with E-state index in [0.717, 1.165) is 5.69 Å². The molecule has 0 saturated heterocycles. The van der Waals surface area contributed by atoms with Gasteiger partial charge in [-0.1, -0.05) is 0 Å². The molecule has 0 fully saturated rings. The molecule has 1 heterocycles. The lowest BCUT2D eigenvalue weighted by Gasteiger charge is -2.03. The third kappa shape index (κ3) is 2.90. The molecule has 0 aromatic carbocycles. The normalized spacial score (nSPS) is 10.4. The lowest BCUT2D eigenvalue weighted by atomic mass is 10.3. The molecule has 0 unspecified atom stereocenters. The van der Waals surface area contributed by atoms with Crippen LogP contribution in [-0.2, 0) is 4.79 Å². The molecule has 1 rings (SSSR count). The van der Waals surface area contributed by atoms with Gasteiger partial charge in [0.15, 0.2) is 17.4 Å². The SMILES string of the molecule is CC(=O)/C=C/Nc1nc(C)ccc1O. The van der Waals surface area contributed by atoms with E-state index in [-0.39, 0.29) is 11.5 Å². The third-order valence-electron chi connectivity index (χ3n) is 1.55. The van der Waals surface area contributed by atoms with Gasteiger partial charge in [0.2, 0.25) is 0 Å². The maximum atomic E-state index is 10.6. The minimum Gasteiger partial charge on any atom is -0.504 e. The molecule has 0 aliphatic rings. The van der Waals surface area contributed by atoms with E-state index in [1.807, 2.05) is 6.92 Å². The molecule has 0 bridgehead atoms. The number of aromatic hydroxyl groups is 1. The number of aryl methyl sites for hydroxylation is 1. The monoisotopic (exact) mass is 192 g/mol. The van der Waals surface area contributed by atoms with E-state index >= 15 is 0 Å². The quantitative estimate of drug-likeness (QED) is 0.714. The van der Waals surface area contributed by atoms with Crippen molar-refractivity contribution in [3.8, 4) is 5.75 Å². The highest BCUT2D eigenvalue weighted by molar-refractivity contribution is 5.87. The zero-order valence-electron chi connectivity index (χ0n) is 8.11. The largest absolute Gasteiger partial charge is 0.504 e. The van der Waals surface area contributed by atoms with Crippen molar-refractivity contribution in [3.05, 3.63) is 30.1 Å². The maximum Gasteiger partial charge on any atom is 0.172 e. The average Bonchev–Trinajstić information content (AvgIpc) is 2.10. The standard InChI is InChI=1S/C10H12N2O2/c1-7-3-4-9(14)10(12-7)11-6-5-8(2)13/h3-6,14H,1-2H3,(H,11,12)/b6-5+. The first-order chi connectivity index (χ1) is 6.59. The highest BCUT2D eigenvalue weighted by atomic mass is 16.3.